The second-order valence-electron chi connectivity index (χ2n) is 9.04. The molecule has 0 unspecified atom stereocenters. The molecule has 0 spiro atoms. The third-order valence-corrected chi connectivity index (χ3v) is 5.72. The molecule has 3 aromatic rings. The first-order valence-electron chi connectivity index (χ1n) is 11.4. The minimum atomic E-state index is 0.0816. The second kappa shape index (κ2) is 9.59. The molecule has 0 amide bonds. The Balaban J connectivity index is 1.82. The van der Waals surface area contributed by atoms with Crippen molar-refractivity contribution < 1.29 is 14.2 Å². The molecule has 4 rings (SSSR count). The first kappa shape index (κ1) is 23.4. The highest BCUT2D eigenvalue weighted by Crippen LogP contribution is 2.33. The van der Waals surface area contributed by atoms with Crippen molar-refractivity contribution in [1.29, 1.82) is 0 Å². The number of rotatable bonds is 6. The molecule has 6 heteroatoms. The van der Waals surface area contributed by atoms with Gasteiger partial charge in [-0.2, -0.15) is 5.10 Å². The fourth-order valence-corrected chi connectivity index (χ4v) is 3.83. The first-order valence-corrected chi connectivity index (χ1v) is 11.4. The molecule has 0 aliphatic carbocycles. The molecule has 1 heterocycles. The van der Waals surface area contributed by atoms with Crippen LogP contribution in [0.1, 0.15) is 49.9 Å². The van der Waals surface area contributed by atoms with E-state index in [1.54, 1.807) is 14.2 Å². The summed E-state index contributed by atoms with van der Waals surface area (Å²) >= 11 is 0. The van der Waals surface area contributed by atoms with Gasteiger partial charge in [-0.1, -0.05) is 45.0 Å². The van der Waals surface area contributed by atoms with E-state index in [1.807, 2.05) is 43.3 Å². The number of hydrogen-bond donors (Lipinski definition) is 1. The molecule has 0 bridgehead atoms. The lowest BCUT2D eigenvalue weighted by molar-refractivity contribution is 0.340. The van der Waals surface area contributed by atoms with Crippen molar-refractivity contribution in [3.8, 4) is 17.2 Å². The standard InChI is InChI=1S/C28H31N3O3/c1-7-34-21-13-14-23-22(17-21)26(19-10-15-24(32-5)25(16-19)33-6)30-31-27(29-23)18-8-11-20(12-9-18)28(2,3)4/h8-17H,7H2,1-6H3,(H,29,31). The zero-order valence-corrected chi connectivity index (χ0v) is 20.6. The van der Waals surface area contributed by atoms with Crippen molar-refractivity contribution in [3.05, 3.63) is 82.9 Å². The summed E-state index contributed by atoms with van der Waals surface area (Å²) in [7, 11) is 3.25. The van der Waals surface area contributed by atoms with Gasteiger partial charge in [-0.05, 0) is 54.3 Å². The van der Waals surface area contributed by atoms with Crippen LogP contribution in [-0.2, 0) is 5.41 Å². The number of aliphatic imine (C=N–C) groups is 1. The molecule has 34 heavy (non-hydrogen) atoms. The zero-order chi connectivity index (χ0) is 24.3. The molecule has 0 atom stereocenters. The minimum absolute atomic E-state index is 0.0816. The fourth-order valence-electron chi connectivity index (χ4n) is 3.83. The maximum absolute atomic E-state index is 5.77. The Morgan fingerprint density at radius 2 is 1.53 bits per heavy atom. The maximum Gasteiger partial charge on any atom is 0.161 e. The number of hydrogen-bond acceptors (Lipinski definition) is 6. The molecule has 0 fully saturated rings. The smallest absolute Gasteiger partial charge is 0.161 e. The minimum Gasteiger partial charge on any atom is -0.494 e. The Kier molecular flexibility index (Phi) is 6.59. The van der Waals surface area contributed by atoms with Crippen molar-refractivity contribution >= 4 is 17.2 Å². The van der Waals surface area contributed by atoms with Crippen LogP contribution in [0.5, 0.6) is 17.2 Å². The predicted octanol–water partition coefficient (Wildman–Crippen LogP) is 5.83. The maximum atomic E-state index is 5.77. The van der Waals surface area contributed by atoms with Crippen molar-refractivity contribution in [2.24, 2.45) is 10.1 Å². The highest BCUT2D eigenvalue weighted by atomic mass is 16.5. The highest BCUT2D eigenvalue weighted by Gasteiger charge is 2.20. The van der Waals surface area contributed by atoms with Crippen LogP contribution < -0.4 is 19.6 Å². The lowest BCUT2D eigenvalue weighted by atomic mass is 9.86. The SMILES string of the molecule is CCOc1ccc2c(c1)C(c1ccc(OC)c(OC)c1)=NNC(c1ccc(C(C)(C)C)cc1)=N2. The van der Waals surface area contributed by atoms with Crippen LogP contribution >= 0.6 is 0 Å². The molecule has 1 aliphatic heterocycles. The summed E-state index contributed by atoms with van der Waals surface area (Å²) in [6.07, 6.45) is 0. The van der Waals surface area contributed by atoms with Gasteiger partial charge in [0.05, 0.1) is 26.5 Å². The monoisotopic (exact) mass is 457 g/mol. The first-order chi connectivity index (χ1) is 16.3. The molecule has 1 aliphatic rings. The van der Waals surface area contributed by atoms with Crippen LogP contribution in [0.25, 0.3) is 0 Å². The summed E-state index contributed by atoms with van der Waals surface area (Å²) in [5, 5.41) is 4.78. The molecule has 6 nitrogen and oxygen atoms in total. The summed E-state index contributed by atoms with van der Waals surface area (Å²) < 4.78 is 16.7. The van der Waals surface area contributed by atoms with Crippen LogP contribution in [0.4, 0.5) is 5.69 Å². The van der Waals surface area contributed by atoms with E-state index in [9.17, 15) is 0 Å². The van der Waals surface area contributed by atoms with Crippen LogP contribution in [0.3, 0.4) is 0 Å². The number of ether oxygens (including phenoxy) is 3. The van der Waals surface area contributed by atoms with Gasteiger partial charge in [0.1, 0.15) is 11.5 Å². The average molecular weight is 458 g/mol. The number of benzene rings is 3. The Labute approximate surface area is 201 Å². The van der Waals surface area contributed by atoms with Gasteiger partial charge in [0.2, 0.25) is 0 Å². The summed E-state index contributed by atoms with van der Waals surface area (Å²) in [5.41, 5.74) is 8.79. The van der Waals surface area contributed by atoms with E-state index in [4.69, 9.17) is 24.3 Å². The molecule has 1 N–H and O–H groups in total. The van der Waals surface area contributed by atoms with Crippen molar-refractivity contribution in [3.63, 3.8) is 0 Å². The topological polar surface area (TPSA) is 64.4 Å². The molecule has 0 saturated heterocycles. The normalized spacial score (nSPS) is 13.1. The zero-order valence-electron chi connectivity index (χ0n) is 20.6. The Bertz CT molecular complexity index is 1240. The number of hydrazone groups is 1. The Morgan fingerprint density at radius 3 is 2.18 bits per heavy atom. The summed E-state index contributed by atoms with van der Waals surface area (Å²) in [6, 6.07) is 20.1. The molecular formula is C28H31N3O3. The lowest BCUT2D eigenvalue weighted by Gasteiger charge is -2.19. The molecule has 0 saturated carbocycles. The van der Waals surface area contributed by atoms with Gasteiger partial charge in [0.25, 0.3) is 0 Å². The van der Waals surface area contributed by atoms with Crippen molar-refractivity contribution in [1.82, 2.24) is 5.43 Å². The summed E-state index contributed by atoms with van der Waals surface area (Å²) in [6.45, 7) is 9.16. The molecule has 3 aromatic carbocycles. The van der Waals surface area contributed by atoms with Crippen LogP contribution in [-0.4, -0.2) is 32.4 Å². The Hall–Kier alpha value is -3.80. The van der Waals surface area contributed by atoms with Crippen LogP contribution in [0.2, 0.25) is 0 Å². The van der Waals surface area contributed by atoms with E-state index in [-0.39, 0.29) is 5.41 Å². The number of fused-ring (bicyclic) bond motifs is 1. The van der Waals surface area contributed by atoms with Crippen molar-refractivity contribution in [2.45, 2.75) is 33.1 Å². The molecule has 0 radical (unpaired) electrons. The van der Waals surface area contributed by atoms with E-state index in [0.29, 0.717) is 23.9 Å². The van der Waals surface area contributed by atoms with Gasteiger partial charge in [0, 0.05) is 16.7 Å². The molecule has 0 aromatic heterocycles. The third kappa shape index (κ3) is 4.76. The van der Waals surface area contributed by atoms with E-state index in [2.05, 4.69) is 50.5 Å². The number of nitrogens with one attached hydrogen (secondary N) is 1. The highest BCUT2D eigenvalue weighted by molar-refractivity contribution is 6.18. The average Bonchev–Trinajstić information content (AvgIpc) is 3.03. The van der Waals surface area contributed by atoms with E-state index >= 15 is 0 Å². The quantitative estimate of drug-likeness (QED) is 0.506. The van der Waals surface area contributed by atoms with Gasteiger partial charge in [0.15, 0.2) is 17.3 Å². The summed E-state index contributed by atoms with van der Waals surface area (Å²) in [5.74, 6) is 2.74. The van der Waals surface area contributed by atoms with E-state index in [0.717, 1.165) is 33.8 Å². The predicted molar refractivity (Wildman–Crippen MR) is 137 cm³/mol. The van der Waals surface area contributed by atoms with Crippen LogP contribution in [0, 0.1) is 0 Å². The van der Waals surface area contributed by atoms with E-state index in [1.165, 1.54) is 5.56 Å². The van der Waals surface area contributed by atoms with Gasteiger partial charge < -0.3 is 14.2 Å². The Morgan fingerprint density at radius 1 is 0.824 bits per heavy atom. The lowest BCUT2D eigenvalue weighted by Crippen LogP contribution is -2.20. The van der Waals surface area contributed by atoms with Crippen LogP contribution in [0.15, 0.2) is 70.8 Å². The summed E-state index contributed by atoms with van der Waals surface area (Å²) in [4.78, 5) is 4.93. The van der Waals surface area contributed by atoms with Gasteiger partial charge in [-0.25, -0.2) is 4.99 Å². The van der Waals surface area contributed by atoms with Crippen molar-refractivity contribution in [2.75, 3.05) is 20.8 Å². The van der Waals surface area contributed by atoms with E-state index < -0.39 is 0 Å². The second-order valence-corrected chi connectivity index (χ2v) is 9.04. The van der Waals surface area contributed by atoms with Gasteiger partial charge in [-0.3, -0.25) is 5.43 Å². The molecular weight excluding hydrogens is 426 g/mol. The van der Waals surface area contributed by atoms with Gasteiger partial charge >= 0.3 is 0 Å². The number of amidine groups is 1. The fraction of sp³-hybridized carbons (Fsp3) is 0.286. The van der Waals surface area contributed by atoms with Gasteiger partial charge in [-0.15, -0.1) is 0 Å². The third-order valence-electron chi connectivity index (χ3n) is 5.72. The molecule has 176 valence electrons. The largest absolute Gasteiger partial charge is 0.494 e. The number of methoxy groups -OCH3 is 2. The number of nitrogens with zero attached hydrogens (tertiary/aromatic N) is 2.